The average molecular weight is 835 g/mol. The van der Waals surface area contributed by atoms with Gasteiger partial charge in [0.25, 0.3) is 0 Å². The Labute approximate surface area is 371 Å². The molecule has 0 saturated heterocycles. The van der Waals surface area contributed by atoms with E-state index in [0.29, 0.717) is 19.4 Å². The molecule has 0 heterocycles. The van der Waals surface area contributed by atoms with Crippen LogP contribution in [-0.4, -0.2) is 37.9 Å². The number of rotatable bonds is 45. The number of esters is 2. The van der Waals surface area contributed by atoms with E-state index in [2.05, 4.69) is 106 Å². The Morgan fingerprint density at radius 2 is 0.750 bits per heavy atom. The summed E-state index contributed by atoms with van der Waals surface area (Å²) in [6.07, 6.45) is 65.9. The SMILES string of the molecule is CC/C=C\C/C=C\C/C=C\CCCCCCCC(=O)OCC(COCCCCCCCC/C=C\CCCCCCCC)OC(=O)CCCCC/C=C\C/C=C\C/C=C\CC. The Balaban J connectivity index is 4.34. The molecule has 0 bridgehead atoms. The number of unbranched alkanes of at least 4 members (excludes halogenated alkanes) is 20. The van der Waals surface area contributed by atoms with Crippen molar-refractivity contribution in [2.45, 2.75) is 232 Å². The minimum atomic E-state index is -0.564. The summed E-state index contributed by atoms with van der Waals surface area (Å²) in [4.78, 5) is 25.3. The van der Waals surface area contributed by atoms with Crippen LogP contribution >= 0.6 is 0 Å². The van der Waals surface area contributed by atoms with E-state index in [1.165, 1.54) is 89.9 Å². The molecule has 0 aromatic rings. The summed E-state index contributed by atoms with van der Waals surface area (Å²) < 4.78 is 17.3. The number of carbonyl (C=O) groups is 2. The maximum Gasteiger partial charge on any atom is 0.306 e. The van der Waals surface area contributed by atoms with E-state index < -0.39 is 6.10 Å². The van der Waals surface area contributed by atoms with Crippen LogP contribution in [-0.2, 0) is 23.8 Å². The Morgan fingerprint density at radius 3 is 1.23 bits per heavy atom. The molecule has 0 rings (SSSR count). The first kappa shape index (κ1) is 57.1. The van der Waals surface area contributed by atoms with Gasteiger partial charge in [-0.1, -0.05) is 189 Å². The van der Waals surface area contributed by atoms with Gasteiger partial charge >= 0.3 is 11.9 Å². The van der Waals surface area contributed by atoms with Crippen LogP contribution in [0.4, 0.5) is 0 Å². The molecule has 0 amide bonds. The van der Waals surface area contributed by atoms with E-state index in [4.69, 9.17) is 14.2 Å². The molecule has 5 heteroatoms. The minimum Gasteiger partial charge on any atom is -0.462 e. The summed E-state index contributed by atoms with van der Waals surface area (Å²) in [5.41, 5.74) is 0. The smallest absolute Gasteiger partial charge is 0.306 e. The Hall–Kier alpha value is -2.92. The van der Waals surface area contributed by atoms with E-state index in [1.54, 1.807) is 0 Å². The first-order valence-corrected chi connectivity index (χ1v) is 25.1. The fourth-order valence-corrected chi connectivity index (χ4v) is 6.71. The van der Waals surface area contributed by atoms with Gasteiger partial charge in [0.15, 0.2) is 6.10 Å². The van der Waals surface area contributed by atoms with Gasteiger partial charge in [-0.2, -0.15) is 0 Å². The Kier molecular flexibility index (Phi) is 48.0. The highest BCUT2D eigenvalue weighted by molar-refractivity contribution is 5.70. The molecular weight excluding hydrogens is 741 g/mol. The van der Waals surface area contributed by atoms with E-state index in [1.807, 2.05) is 0 Å². The van der Waals surface area contributed by atoms with E-state index in [-0.39, 0.29) is 25.2 Å². The van der Waals surface area contributed by atoms with Gasteiger partial charge in [0, 0.05) is 19.4 Å². The second kappa shape index (κ2) is 50.4. The fourth-order valence-electron chi connectivity index (χ4n) is 6.71. The third-order valence-corrected chi connectivity index (χ3v) is 10.4. The second-order valence-corrected chi connectivity index (χ2v) is 16.3. The van der Waals surface area contributed by atoms with Gasteiger partial charge in [-0.25, -0.2) is 0 Å². The standard InChI is InChI=1S/C55H94O5/c1-4-7-10-13-16-19-22-25-27-29-32-35-38-41-44-47-50-58-51-53(60-55(57)49-46-43-40-37-34-30-24-21-18-15-12-9-6-3)52-59-54(56)48-45-42-39-36-33-31-28-26-23-20-17-14-11-8-5-2/h8-9,11-12,17-18,20-21,25-28,30,34,53H,4-7,10,13-16,19,22-24,29,31-33,35-52H2,1-3H3/b11-8-,12-9-,20-17-,21-18-,27-25-,28-26-,34-30-. The largest absolute Gasteiger partial charge is 0.462 e. The molecule has 0 saturated carbocycles. The molecule has 0 aromatic heterocycles. The van der Waals surface area contributed by atoms with Crippen molar-refractivity contribution in [1.82, 2.24) is 0 Å². The molecule has 5 nitrogen and oxygen atoms in total. The molecule has 1 unspecified atom stereocenters. The van der Waals surface area contributed by atoms with Crippen LogP contribution in [0.1, 0.15) is 226 Å². The molecule has 0 fully saturated rings. The van der Waals surface area contributed by atoms with Gasteiger partial charge in [-0.3, -0.25) is 9.59 Å². The Bertz CT molecular complexity index is 1130. The highest BCUT2D eigenvalue weighted by Crippen LogP contribution is 2.13. The first-order valence-electron chi connectivity index (χ1n) is 25.1. The molecule has 344 valence electrons. The predicted molar refractivity (Wildman–Crippen MR) is 260 cm³/mol. The van der Waals surface area contributed by atoms with Crippen molar-refractivity contribution in [2.75, 3.05) is 19.8 Å². The van der Waals surface area contributed by atoms with Crippen molar-refractivity contribution >= 4 is 11.9 Å². The van der Waals surface area contributed by atoms with Crippen LogP contribution in [0.5, 0.6) is 0 Å². The number of allylic oxidation sites excluding steroid dienone is 14. The first-order chi connectivity index (χ1) is 29.6. The third-order valence-electron chi connectivity index (χ3n) is 10.4. The van der Waals surface area contributed by atoms with E-state index in [9.17, 15) is 9.59 Å². The van der Waals surface area contributed by atoms with Crippen LogP contribution in [0.2, 0.25) is 0 Å². The molecule has 0 spiro atoms. The minimum absolute atomic E-state index is 0.0586. The number of carbonyl (C=O) groups excluding carboxylic acids is 2. The van der Waals surface area contributed by atoms with Crippen LogP contribution in [0, 0.1) is 0 Å². The maximum absolute atomic E-state index is 12.8. The number of hydrogen-bond acceptors (Lipinski definition) is 5. The highest BCUT2D eigenvalue weighted by atomic mass is 16.6. The van der Waals surface area contributed by atoms with Crippen LogP contribution in [0.3, 0.4) is 0 Å². The van der Waals surface area contributed by atoms with E-state index in [0.717, 1.165) is 103 Å². The average Bonchev–Trinajstić information content (AvgIpc) is 3.25. The van der Waals surface area contributed by atoms with Gasteiger partial charge < -0.3 is 14.2 Å². The van der Waals surface area contributed by atoms with Crippen molar-refractivity contribution in [3.8, 4) is 0 Å². The van der Waals surface area contributed by atoms with E-state index >= 15 is 0 Å². The quantitative estimate of drug-likeness (QED) is 0.0347. The lowest BCUT2D eigenvalue weighted by molar-refractivity contribution is -0.163. The summed E-state index contributed by atoms with van der Waals surface area (Å²) in [6, 6.07) is 0. The van der Waals surface area contributed by atoms with Crippen molar-refractivity contribution < 1.29 is 23.8 Å². The van der Waals surface area contributed by atoms with Crippen molar-refractivity contribution in [3.05, 3.63) is 85.1 Å². The normalized spacial score (nSPS) is 12.9. The lowest BCUT2D eigenvalue weighted by atomic mass is 10.1. The molecule has 1 atom stereocenters. The summed E-state index contributed by atoms with van der Waals surface area (Å²) in [6.45, 7) is 7.54. The third kappa shape index (κ3) is 47.8. The molecule has 0 aromatic carbocycles. The fraction of sp³-hybridized carbons (Fsp3) is 0.709. The van der Waals surface area contributed by atoms with Crippen molar-refractivity contribution in [1.29, 1.82) is 0 Å². The molecule has 0 aliphatic carbocycles. The molecule has 60 heavy (non-hydrogen) atoms. The summed E-state index contributed by atoms with van der Waals surface area (Å²) >= 11 is 0. The zero-order valence-corrected chi connectivity index (χ0v) is 39.5. The summed E-state index contributed by atoms with van der Waals surface area (Å²) in [5, 5.41) is 0. The second-order valence-electron chi connectivity index (χ2n) is 16.3. The maximum atomic E-state index is 12.8. The van der Waals surface area contributed by atoms with Crippen molar-refractivity contribution in [2.24, 2.45) is 0 Å². The zero-order chi connectivity index (χ0) is 43.5. The molecule has 0 radical (unpaired) electrons. The van der Waals surface area contributed by atoms with Gasteiger partial charge in [0.1, 0.15) is 6.61 Å². The van der Waals surface area contributed by atoms with Gasteiger partial charge in [0.05, 0.1) is 6.61 Å². The summed E-state index contributed by atoms with van der Waals surface area (Å²) in [7, 11) is 0. The highest BCUT2D eigenvalue weighted by Gasteiger charge is 2.17. The zero-order valence-electron chi connectivity index (χ0n) is 39.5. The lowest BCUT2D eigenvalue weighted by Crippen LogP contribution is -2.30. The molecule has 0 N–H and O–H groups in total. The van der Waals surface area contributed by atoms with Gasteiger partial charge in [0.2, 0.25) is 0 Å². The van der Waals surface area contributed by atoms with Crippen LogP contribution in [0.25, 0.3) is 0 Å². The van der Waals surface area contributed by atoms with Gasteiger partial charge in [-0.15, -0.1) is 0 Å². The number of hydrogen-bond donors (Lipinski definition) is 0. The van der Waals surface area contributed by atoms with Gasteiger partial charge in [-0.05, 0) is 109 Å². The Morgan fingerprint density at radius 1 is 0.383 bits per heavy atom. The van der Waals surface area contributed by atoms with Crippen LogP contribution < -0.4 is 0 Å². The summed E-state index contributed by atoms with van der Waals surface area (Å²) in [5.74, 6) is -0.455. The van der Waals surface area contributed by atoms with Crippen molar-refractivity contribution in [3.63, 3.8) is 0 Å². The topological polar surface area (TPSA) is 61.8 Å². The van der Waals surface area contributed by atoms with Crippen LogP contribution in [0.15, 0.2) is 85.1 Å². The monoisotopic (exact) mass is 835 g/mol. The molecular formula is C55H94O5. The number of ether oxygens (including phenoxy) is 3. The lowest BCUT2D eigenvalue weighted by Gasteiger charge is -2.18. The molecule has 0 aliphatic rings. The molecule has 0 aliphatic heterocycles. The predicted octanol–water partition coefficient (Wildman–Crippen LogP) is 16.9.